The maximum Gasteiger partial charge on any atom is 0.256 e. The minimum absolute atomic E-state index is 0.133. The van der Waals surface area contributed by atoms with Gasteiger partial charge in [0.05, 0.1) is 17.0 Å². The number of hydrazone groups is 1. The number of nitrogens with zero attached hydrogens (tertiary/aromatic N) is 3. The molecule has 8 nitrogen and oxygen atoms in total. The molecule has 1 saturated heterocycles. The Morgan fingerprint density at radius 1 is 1.19 bits per heavy atom. The zero-order valence-electron chi connectivity index (χ0n) is 20.7. The molecule has 0 aliphatic carbocycles. The summed E-state index contributed by atoms with van der Waals surface area (Å²) in [6, 6.07) is 15.2. The molecule has 0 radical (unpaired) electrons. The maximum absolute atomic E-state index is 13.9. The van der Waals surface area contributed by atoms with Crippen LogP contribution in [0.25, 0.3) is 0 Å². The summed E-state index contributed by atoms with van der Waals surface area (Å²) in [4.78, 5) is 41.3. The summed E-state index contributed by atoms with van der Waals surface area (Å²) in [5.41, 5.74) is 5.17. The van der Waals surface area contributed by atoms with Crippen molar-refractivity contribution in [3.05, 3.63) is 66.0 Å². The van der Waals surface area contributed by atoms with Gasteiger partial charge >= 0.3 is 0 Å². The van der Waals surface area contributed by atoms with Crippen molar-refractivity contribution in [2.24, 2.45) is 27.6 Å². The number of fused-ring (bicyclic) bond motifs is 1. The average Bonchev–Trinajstić information content (AvgIpc) is 3.08. The second-order valence-electron chi connectivity index (χ2n) is 10.0. The molecule has 1 fully saturated rings. The molecule has 2 aliphatic rings. The molecule has 2 atom stereocenters. The summed E-state index contributed by atoms with van der Waals surface area (Å²) < 4.78 is 19.4. The Labute approximate surface area is 209 Å². The highest BCUT2D eigenvalue weighted by Gasteiger charge is 2.54. The number of piperidine rings is 1. The van der Waals surface area contributed by atoms with Crippen LogP contribution >= 0.6 is 0 Å². The van der Waals surface area contributed by atoms with Gasteiger partial charge in [-0.1, -0.05) is 50.2 Å². The van der Waals surface area contributed by atoms with E-state index in [1.165, 1.54) is 23.2 Å². The van der Waals surface area contributed by atoms with Crippen molar-refractivity contribution in [3.63, 3.8) is 0 Å². The van der Waals surface area contributed by atoms with Gasteiger partial charge in [-0.25, -0.2) is 9.40 Å². The van der Waals surface area contributed by atoms with E-state index in [2.05, 4.69) is 5.10 Å². The predicted molar refractivity (Wildman–Crippen MR) is 132 cm³/mol. The van der Waals surface area contributed by atoms with Gasteiger partial charge in [-0.2, -0.15) is 5.10 Å². The van der Waals surface area contributed by atoms with Crippen LogP contribution < -0.4 is 10.5 Å². The van der Waals surface area contributed by atoms with Crippen LogP contribution in [0.3, 0.4) is 0 Å². The second-order valence-corrected chi connectivity index (χ2v) is 10.0. The Morgan fingerprint density at radius 2 is 1.92 bits per heavy atom. The molecule has 0 saturated carbocycles. The monoisotopic (exact) mass is 494 g/mol. The SMILES string of the molecule is CN1N=C2CCN(C(=O)[C@@H](COc3cccc(F)c3)C(C)(C)C(N)=O)C[C@@]2(Cc2ccccc2)C1=O. The fourth-order valence-electron chi connectivity index (χ4n) is 4.93. The molecule has 2 heterocycles. The van der Waals surface area contributed by atoms with Gasteiger partial charge in [-0.15, -0.1) is 0 Å². The number of hydrogen-bond acceptors (Lipinski definition) is 5. The number of carbonyl (C=O) groups is 3. The van der Waals surface area contributed by atoms with Crippen LogP contribution in [-0.4, -0.2) is 60.1 Å². The summed E-state index contributed by atoms with van der Waals surface area (Å²) in [7, 11) is 1.62. The van der Waals surface area contributed by atoms with Crippen molar-refractivity contribution >= 4 is 23.4 Å². The van der Waals surface area contributed by atoms with Crippen LogP contribution in [0, 0.1) is 22.6 Å². The normalized spacial score (nSPS) is 20.6. The third-order valence-electron chi connectivity index (χ3n) is 7.28. The summed E-state index contributed by atoms with van der Waals surface area (Å²) >= 11 is 0. The Balaban J connectivity index is 1.62. The number of rotatable bonds is 8. The molecule has 2 aromatic carbocycles. The zero-order valence-corrected chi connectivity index (χ0v) is 20.7. The lowest BCUT2D eigenvalue weighted by Gasteiger charge is -2.42. The van der Waals surface area contributed by atoms with Gasteiger partial charge in [-0.3, -0.25) is 14.4 Å². The second kappa shape index (κ2) is 9.72. The van der Waals surface area contributed by atoms with Gasteiger partial charge in [0.1, 0.15) is 23.6 Å². The lowest BCUT2D eigenvalue weighted by Crippen LogP contribution is -2.58. The van der Waals surface area contributed by atoms with Gasteiger partial charge in [-0.05, 0) is 24.1 Å². The highest BCUT2D eigenvalue weighted by atomic mass is 19.1. The Bertz CT molecular complexity index is 1200. The molecule has 2 N–H and O–H groups in total. The smallest absolute Gasteiger partial charge is 0.256 e. The first kappa shape index (κ1) is 25.3. The quantitative estimate of drug-likeness (QED) is 0.609. The van der Waals surface area contributed by atoms with Crippen LogP contribution in [0.5, 0.6) is 5.75 Å². The molecular weight excluding hydrogens is 463 g/mol. The summed E-state index contributed by atoms with van der Waals surface area (Å²) in [5.74, 6) is -2.34. The van der Waals surface area contributed by atoms with Gasteiger partial charge in [0.2, 0.25) is 11.8 Å². The lowest BCUT2D eigenvalue weighted by molar-refractivity contribution is -0.149. The van der Waals surface area contributed by atoms with E-state index < -0.39 is 28.5 Å². The van der Waals surface area contributed by atoms with Crippen molar-refractivity contribution in [1.82, 2.24) is 9.91 Å². The molecule has 0 unspecified atom stereocenters. The minimum Gasteiger partial charge on any atom is -0.493 e. The molecule has 0 spiro atoms. The van der Waals surface area contributed by atoms with E-state index in [1.54, 1.807) is 31.9 Å². The lowest BCUT2D eigenvalue weighted by atomic mass is 9.72. The fourth-order valence-corrected chi connectivity index (χ4v) is 4.93. The molecule has 0 aromatic heterocycles. The van der Waals surface area contributed by atoms with E-state index in [4.69, 9.17) is 10.5 Å². The van der Waals surface area contributed by atoms with Gasteiger partial charge in [0, 0.05) is 32.6 Å². The average molecular weight is 495 g/mol. The summed E-state index contributed by atoms with van der Waals surface area (Å²) in [6.07, 6.45) is 0.840. The molecule has 2 aromatic rings. The first-order valence-corrected chi connectivity index (χ1v) is 11.9. The minimum atomic E-state index is -1.25. The van der Waals surface area contributed by atoms with Gasteiger partial charge in [0.25, 0.3) is 5.91 Å². The van der Waals surface area contributed by atoms with Crippen LogP contribution in [0.4, 0.5) is 4.39 Å². The van der Waals surface area contributed by atoms with Crippen LogP contribution in [0.1, 0.15) is 25.8 Å². The highest BCUT2D eigenvalue weighted by Crippen LogP contribution is 2.39. The van der Waals surface area contributed by atoms with E-state index in [0.717, 1.165) is 11.3 Å². The number of halogens is 1. The standard InChI is InChI=1S/C27H31FN4O4/c1-26(2,24(29)34)21(16-36-20-11-7-10-19(28)14-20)23(33)32-13-12-22-27(17-32,25(35)31(3)30-22)15-18-8-5-4-6-9-18/h4-11,14,21H,12-13,15-17H2,1-3H3,(H2,29,34)/t21-,27-/m1/s1. The van der Waals surface area contributed by atoms with Crippen molar-refractivity contribution in [2.75, 3.05) is 26.7 Å². The topological polar surface area (TPSA) is 105 Å². The van der Waals surface area contributed by atoms with Gasteiger partial charge in [0.15, 0.2) is 0 Å². The fraction of sp³-hybridized carbons (Fsp3) is 0.407. The maximum atomic E-state index is 13.9. The zero-order chi connectivity index (χ0) is 26.1. The van der Waals surface area contributed by atoms with Crippen molar-refractivity contribution in [1.29, 1.82) is 0 Å². The Morgan fingerprint density at radius 3 is 2.58 bits per heavy atom. The van der Waals surface area contributed by atoms with E-state index in [1.807, 2.05) is 30.3 Å². The summed E-state index contributed by atoms with van der Waals surface area (Å²) in [6.45, 7) is 3.50. The van der Waals surface area contributed by atoms with E-state index in [-0.39, 0.29) is 30.7 Å². The largest absolute Gasteiger partial charge is 0.493 e. The van der Waals surface area contributed by atoms with Crippen molar-refractivity contribution in [2.45, 2.75) is 26.7 Å². The number of hydrogen-bond donors (Lipinski definition) is 1. The molecule has 190 valence electrons. The third-order valence-corrected chi connectivity index (χ3v) is 7.28. The van der Waals surface area contributed by atoms with Crippen molar-refractivity contribution in [3.8, 4) is 5.75 Å². The van der Waals surface area contributed by atoms with Crippen LogP contribution in [0.15, 0.2) is 59.7 Å². The number of ether oxygens (including phenoxy) is 1. The van der Waals surface area contributed by atoms with Gasteiger partial charge < -0.3 is 15.4 Å². The number of carbonyl (C=O) groups excluding carboxylic acids is 3. The predicted octanol–water partition coefficient (Wildman–Crippen LogP) is 2.62. The molecule has 9 heteroatoms. The molecular formula is C27H31FN4O4. The number of amides is 3. The highest BCUT2D eigenvalue weighted by molar-refractivity contribution is 6.13. The molecule has 3 amide bonds. The summed E-state index contributed by atoms with van der Waals surface area (Å²) in [5, 5.41) is 5.84. The number of likely N-dealkylation sites (tertiary alicyclic amines) is 1. The van der Waals surface area contributed by atoms with E-state index in [9.17, 15) is 18.8 Å². The number of benzene rings is 2. The first-order valence-electron chi connectivity index (χ1n) is 11.9. The molecule has 2 aliphatic heterocycles. The molecule has 36 heavy (non-hydrogen) atoms. The first-order chi connectivity index (χ1) is 17.0. The van der Waals surface area contributed by atoms with Crippen LogP contribution in [-0.2, 0) is 20.8 Å². The third kappa shape index (κ3) is 4.69. The van der Waals surface area contributed by atoms with E-state index in [0.29, 0.717) is 19.4 Å². The number of primary amides is 1. The molecule has 0 bridgehead atoms. The van der Waals surface area contributed by atoms with E-state index >= 15 is 0 Å². The van der Waals surface area contributed by atoms with Crippen molar-refractivity contribution < 1.29 is 23.5 Å². The van der Waals surface area contributed by atoms with Crippen LogP contribution in [0.2, 0.25) is 0 Å². The number of nitrogens with two attached hydrogens (primary N) is 1. The molecule has 4 rings (SSSR count). The Kier molecular flexibility index (Phi) is 6.84. The Hall–Kier alpha value is -3.75.